The monoisotopic (exact) mass is 923 g/mol. The maximum Gasteiger partial charge on any atom is 0.293 e. The fourth-order valence-electron chi connectivity index (χ4n) is 9.22. The first-order valence-corrected chi connectivity index (χ1v) is 23.3. The van der Waals surface area contributed by atoms with Crippen molar-refractivity contribution in [2.45, 2.75) is 98.4 Å². The fourth-order valence-corrected chi connectivity index (χ4v) is 9.22. The summed E-state index contributed by atoms with van der Waals surface area (Å²) in [6.07, 6.45) is 8.61. The number of hydrazine groups is 1. The van der Waals surface area contributed by atoms with Crippen LogP contribution in [0.25, 0.3) is 27.8 Å². The predicted molar refractivity (Wildman–Crippen MR) is 259 cm³/mol. The number of rotatable bonds is 19. The molecular weight excluding hydrogens is 853 g/mol. The highest BCUT2D eigenvalue weighted by Gasteiger charge is 2.33. The second-order valence-electron chi connectivity index (χ2n) is 18.7. The SMILES string of the molecule is C=CC(=O)N1CCC(C=O)C1.CCn1c(-c2cccnc2C(C)OC)c(CC(C)(C)COC=O)c2cc(-n3cccc(CC(NC(=O)C(C(C)C)N(C)C)C(=O)N4CCCCN4)c3=O)ccc21. The van der Waals surface area contributed by atoms with Crippen LogP contribution in [-0.2, 0) is 52.8 Å². The number of ether oxygens (including phenoxy) is 2. The molecule has 0 bridgehead atoms. The van der Waals surface area contributed by atoms with Gasteiger partial charge in [0.1, 0.15) is 12.3 Å². The van der Waals surface area contributed by atoms with Crippen molar-refractivity contribution in [2.75, 3.05) is 54.0 Å². The molecule has 0 saturated carbocycles. The third-order valence-electron chi connectivity index (χ3n) is 12.6. The number of fused-ring (bicyclic) bond motifs is 1. The molecule has 4 unspecified atom stereocenters. The standard InChI is InChI=1S/C43H59N7O6.C8H11NO2/c1-10-48-36-18-17-31(24-33(36)34(25-43(5,6)26-56-27-51)39(48)32-16-13-19-44-37(32)29(4)55-9)49-21-14-15-30(41(49)53)23-35(42(54)50-22-12-11-20-45-50)46-40(52)38(28(2)3)47(7)8;1-2-8(11)9-4-3-7(5-9)6-10/h13-19,21,24,27-29,35,38,45H,10-12,20,22-23,25-26H2,1-9H3,(H,46,52);2,6-7H,1,3-5H2. The lowest BCUT2D eigenvalue weighted by Gasteiger charge is -2.33. The molecule has 16 nitrogen and oxygen atoms in total. The first-order chi connectivity index (χ1) is 32.0. The molecule has 4 aromatic rings. The lowest BCUT2D eigenvalue weighted by molar-refractivity contribution is -0.141. The largest absolute Gasteiger partial charge is 0.467 e. The van der Waals surface area contributed by atoms with Gasteiger partial charge in [-0.15, -0.1) is 0 Å². The number of methoxy groups -OCH3 is 1. The summed E-state index contributed by atoms with van der Waals surface area (Å²) in [6.45, 7) is 19.3. The van der Waals surface area contributed by atoms with Crippen molar-refractivity contribution in [3.8, 4) is 16.9 Å². The van der Waals surface area contributed by atoms with E-state index in [1.807, 2.05) is 64.0 Å². The normalized spacial score (nSPS) is 16.6. The van der Waals surface area contributed by atoms with E-state index >= 15 is 0 Å². The number of hydrogen-bond acceptors (Lipinski definition) is 11. The van der Waals surface area contributed by atoms with E-state index in [9.17, 15) is 28.8 Å². The van der Waals surface area contributed by atoms with Gasteiger partial charge in [0.25, 0.3) is 17.9 Å². The predicted octanol–water partition coefficient (Wildman–Crippen LogP) is 5.28. The van der Waals surface area contributed by atoms with Gasteiger partial charge in [0.2, 0.25) is 11.8 Å². The van der Waals surface area contributed by atoms with Crippen molar-refractivity contribution in [1.29, 1.82) is 0 Å². The Morgan fingerprint density at radius 2 is 1.84 bits per heavy atom. The van der Waals surface area contributed by atoms with Gasteiger partial charge in [0, 0.05) is 97.7 Å². The number of aldehydes is 1. The molecular formula is C51H70N8O8. The summed E-state index contributed by atoms with van der Waals surface area (Å²) in [5.74, 6) is -0.563. The minimum atomic E-state index is -0.952. The highest BCUT2D eigenvalue weighted by Crippen LogP contribution is 2.41. The molecule has 0 radical (unpaired) electrons. The van der Waals surface area contributed by atoms with Crippen molar-refractivity contribution < 1.29 is 33.4 Å². The van der Waals surface area contributed by atoms with E-state index in [0.717, 1.165) is 59.0 Å². The van der Waals surface area contributed by atoms with Crippen LogP contribution in [0.4, 0.5) is 0 Å². The summed E-state index contributed by atoms with van der Waals surface area (Å²) >= 11 is 0. The maximum absolute atomic E-state index is 14.4. The minimum absolute atomic E-state index is 0.00181. The summed E-state index contributed by atoms with van der Waals surface area (Å²) < 4.78 is 14.9. The summed E-state index contributed by atoms with van der Waals surface area (Å²) in [7, 11) is 5.36. The van der Waals surface area contributed by atoms with E-state index in [-0.39, 0.29) is 54.2 Å². The molecule has 0 aliphatic carbocycles. The number of pyridine rings is 2. The van der Waals surface area contributed by atoms with Crippen LogP contribution in [0.15, 0.2) is 72.3 Å². The van der Waals surface area contributed by atoms with Crippen molar-refractivity contribution in [3.05, 3.63) is 94.7 Å². The number of likely N-dealkylation sites (tertiary alicyclic amines) is 1. The molecule has 4 atom stereocenters. The number of amides is 3. The smallest absolute Gasteiger partial charge is 0.293 e. The number of aromatic nitrogens is 3. The molecule has 2 N–H and O–H groups in total. The highest BCUT2D eigenvalue weighted by atomic mass is 16.5. The number of benzene rings is 1. The number of nitrogens with zero attached hydrogens (tertiary/aromatic N) is 6. The van der Waals surface area contributed by atoms with Crippen LogP contribution in [0.5, 0.6) is 0 Å². The van der Waals surface area contributed by atoms with Gasteiger partial charge >= 0.3 is 0 Å². The zero-order valence-corrected chi connectivity index (χ0v) is 40.7. The van der Waals surface area contributed by atoms with Crippen LogP contribution in [-0.4, -0.2) is 125 Å². The molecule has 2 aliphatic heterocycles. The van der Waals surface area contributed by atoms with Gasteiger partial charge in [-0.3, -0.25) is 43.4 Å². The zero-order chi connectivity index (χ0) is 49.0. The van der Waals surface area contributed by atoms with Crippen LogP contribution >= 0.6 is 0 Å². The first kappa shape index (κ1) is 52.0. The van der Waals surface area contributed by atoms with Crippen LogP contribution in [0.3, 0.4) is 0 Å². The first-order valence-electron chi connectivity index (χ1n) is 23.3. The Morgan fingerprint density at radius 3 is 2.45 bits per heavy atom. The third kappa shape index (κ3) is 12.5. The number of hydrogen-bond donors (Lipinski definition) is 2. The Labute approximate surface area is 394 Å². The quantitative estimate of drug-likeness (QED) is 0.0924. The van der Waals surface area contributed by atoms with E-state index in [0.29, 0.717) is 56.9 Å². The van der Waals surface area contributed by atoms with Gasteiger partial charge in [-0.05, 0) is 108 Å². The molecule has 0 spiro atoms. The highest BCUT2D eigenvalue weighted by molar-refractivity contribution is 5.94. The molecule has 2 saturated heterocycles. The van der Waals surface area contributed by atoms with Crippen LogP contribution in [0, 0.1) is 17.3 Å². The van der Waals surface area contributed by atoms with Crippen molar-refractivity contribution in [1.82, 2.24) is 39.7 Å². The maximum atomic E-state index is 14.4. The average molecular weight is 923 g/mol. The molecule has 16 heteroatoms. The van der Waals surface area contributed by atoms with Crippen LogP contribution < -0.4 is 16.3 Å². The number of carbonyl (C=O) groups is 5. The van der Waals surface area contributed by atoms with Crippen LogP contribution in [0.2, 0.25) is 0 Å². The van der Waals surface area contributed by atoms with E-state index in [4.69, 9.17) is 14.5 Å². The summed E-state index contributed by atoms with van der Waals surface area (Å²) in [4.78, 5) is 82.8. The zero-order valence-electron chi connectivity index (χ0n) is 40.7. The lowest BCUT2D eigenvalue weighted by Crippen LogP contribution is -2.59. The molecule has 5 heterocycles. The number of likely N-dealkylation sites (N-methyl/N-ethyl adjacent to an activating group) is 1. The van der Waals surface area contributed by atoms with E-state index < -0.39 is 17.5 Å². The number of nitrogens with one attached hydrogen (secondary N) is 2. The molecule has 67 heavy (non-hydrogen) atoms. The lowest BCUT2D eigenvalue weighted by atomic mass is 9.84. The number of aryl methyl sites for hydroxylation is 1. The Hall–Kier alpha value is -5.97. The second kappa shape index (κ2) is 23.7. The summed E-state index contributed by atoms with van der Waals surface area (Å²) in [5, 5.41) is 5.55. The molecule has 1 aromatic carbocycles. The van der Waals surface area contributed by atoms with Gasteiger partial charge in [-0.2, -0.15) is 0 Å². The Bertz CT molecular complexity index is 2430. The van der Waals surface area contributed by atoms with E-state index in [1.54, 1.807) is 46.1 Å². The van der Waals surface area contributed by atoms with Gasteiger partial charge in [-0.1, -0.05) is 40.3 Å². The number of carbonyl (C=O) groups excluding carboxylic acids is 5. The second-order valence-corrected chi connectivity index (χ2v) is 18.7. The Morgan fingerprint density at radius 1 is 1.07 bits per heavy atom. The molecule has 2 fully saturated rings. The Kier molecular flexibility index (Phi) is 18.4. The molecule has 2 aliphatic rings. The van der Waals surface area contributed by atoms with Gasteiger partial charge in [-0.25, -0.2) is 5.43 Å². The van der Waals surface area contributed by atoms with Gasteiger partial charge in [0.15, 0.2) is 0 Å². The van der Waals surface area contributed by atoms with Crippen molar-refractivity contribution >= 4 is 41.4 Å². The van der Waals surface area contributed by atoms with E-state index in [1.165, 1.54) is 6.08 Å². The van der Waals surface area contributed by atoms with Crippen molar-refractivity contribution in [2.24, 2.45) is 17.3 Å². The van der Waals surface area contributed by atoms with Gasteiger partial charge < -0.3 is 29.1 Å². The molecule has 6 rings (SSSR count). The van der Waals surface area contributed by atoms with Gasteiger partial charge in [0.05, 0.1) is 30.1 Å². The van der Waals surface area contributed by atoms with Crippen molar-refractivity contribution in [3.63, 3.8) is 0 Å². The molecule has 3 aromatic heterocycles. The topological polar surface area (TPSA) is 177 Å². The van der Waals surface area contributed by atoms with E-state index in [2.05, 4.69) is 48.7 Å². The average Bonchev–Trinajstić information content (AvgIpc) is 3.93. The fraction of sp³-hybridized carbons (Fsp3) is 0.510. The third-order valence-corrected chi connectivity index (χ3v) is 12.6. The molecule has 3 amide bonds. The Balaban J connectivity index is 0.000000669. The summed E-state index contributed by atoms with van der Waals surface area (Å²) in [5.41, 5.74) is 8.28. The minimum Gasteiger partial charge on any atom is -0.467 e. The molecule has 362 valence electrons. The van der Waals surface area contributed by atoms with Crippen LogP contribution in [0.1, 0.15) is 83.7 Å². The summed E-state index contributed by atoms with van der Waals surface area (Å²) in [6, 6.07) is 12.1.